The summed E-state index contributed by atoms with van der Waals surface area (Å²) in [6.07, 6.45) is 1.55. The van der Waals surface area contributed by atoms with Gasteiger partial charge in [-0.2, -0.15) is 5.10 Å². The van der Waals surface area contributed by atoms with Crippen LogP contribution in [0, 0.1) is 5.82 Å². The average Bonchev–Trinajstić information content (AvgIpc) is 2.63. The second kappa shape index (κ2) is 10.1. The summed E-state index contributed by atoms with van der Waals surface area (Å²) in [6.45, 7) is 2.44. The minimum atomic E-state index is -0.366. The highest BCUT2D eigenvalue weighted by atomic mass is 32.1. The number of para-hydroxylation sites is 1. The van der Waals surface area contributed by atoms with Crippen LogP contribution in [0.25, 0.3) is 0 Å². The van der Waals surface area contributed by atoms with Crippen molar-refractivity contribution in [2.45, 2.75) is 6.92 Å². The molecule has 2 aromatic carbocycles. The molecule has 0 bridgehead atoms. The van der Waals surface area contributed by atoms with Crippen LogP contribution in [0.3, 0.4) is 0 Å². The first-order valence-electron chi connectivity index (χ1n) is 7.92. The Bertz CT molecular complexity index is 781. The fourth-order valence-electron chi connectivity index (χ4n) is 1.95. The number of hydrazone groups is 1. The summed E-state index contributed by atoms with van der Waals surface area (Å²) in [6, 6.07) is 12.7. The number of anilines is 1. The lowest BCUT2D eigenvalue weighted by Crippen LogP contribution is -2.31. The average molecular weight is 374 g/mol. The molecule has 0 saturated carbocycles. The molecule has 0 fully saturated rings. The van der Waals surface area contributed by atoms with Crippen LogP contribution in [0.15, 0.2) is 53.6 Å². The first kappa shape index (κ1) is 19.3. The summed E-state index contributed by atoms with van der Waals surface area (Å²) < 4.78 is 18.4. The highest BCUT2D eigenvalue weighted by molar-refractivity contribution is 7.80. The summed E-state index contributed by atoms with van der Waals surface area (Å²) in [7, 11) is 0. The first-order valence-corrected chi connectivity index (χ1v) is 8.33. The zero-order chi connectivity index (χ0) is 18.8. The van der Waals surface area contributed by atoms with Gasteiger partial charge in [0.15, 0.2) is 11.7 Å². The number of rotatable bonds is 7. The van der Waals surface area contributed by atoms with Gasteiger partial charge < -0.3 is 15.4 Å². The quantitative estimate of drug-likeness (QED) is 0.395. The Morgan fingerprint density at radius 2 is 1.96 bits per heavy atom. The molecule has 3 N–H and O–H groups in total. The van der Waals surface area contributed by atoms with Crippen molar-refractivity contribution < 1.29 is 13.9 Å². The zero-order valence-electron chi connectivity index (χ0n) is 14.2. The normalized spacial score (nSPS) is 10.4. The van der Waals surface area contributed by atoms with Crippen molar-refractivity contribution in [1.29, 1.82) is 0 Å². The Hall–Kier alpha value is -3.00. The van der Waals surface area contributed by atoms with E-state index in [1.54, 1.807) is 24.4 Å². The molecule has 26 heavy (non-hydrogen) atoms. The van der Waals surface area contributed by atoms with Crippen LogP contribution in [0.1, 0.15) is 12.5 Å². The van der Waals surface area contributed by atoms with Gasteiger partial charge in [0.05, 0.1) is 6.21 Å². The van der Waals surface area contributed by atoms with E-state index in [9.17, 15) is 9.18 Å². The number of carbonyl (C=O) groups excluding carboxylic acids is 1. The molecule has 0 aliphatic heterocycles. The molecule has 0 radical (unpaired) electrons. The van der Waals surface area contributed by atoms with Crippen LogP contribution in [-0.2, 0) is 4.79 Å². The summed E-state index contributed by atoms with van der Waals surface area (Å²) in [4.78, 5) is 12.0. The van der Waals surface area contributed by atoms with Crippen LogP contribution in [0.2, 0.25) is 0 Å². The topological polar surface area (TPSA) is 74.8 Å². The van der Waals surface area contributed by atoms with Gasteiger partial charge in [-0.3, -0.25) is 10.2 Å². The van der Waals surface area contributed by atoms with E-state index in [1.165, 1.54) is 24.3 Å². The Morgan fingerprint density at radius 1 is 1.23 bits per heavy atom. The maximum Gasteiger partial charge on any atom is 0.262 e. The van der Waals surface area contributed by atoms with Crippen molar-refractivity contribution in [3.05, 3.63) is 59.9 Å². The first-order chi connectivity index (χ1) is 12.6. The number of hydrogen-bond acceptors (Lipinski definition) is 4. The maximum absolute atomic E-state index is 12.9. The number of hydrogen-bond donors (Lipinski definition) is 3. The minimum Gasteiger partial charge on any atom is -0.483 e. The lowest BCUT2D eigenvalue weighted by Gasteiger charge is -2.10. The summed E-state index contributed by atoms with van der Waals surface area (Å²) in [5.74, 6) is -0.217. The van der Waals surface area contributed by atoms with Gasteiger partial charge in [-0.1, -0.05) is 12.1 Å². The Kier molecular flexibility index (Phi) is 7.50. The lowest BCUT2D eigenvalue weighted by atomic mass is 10.2. The van der Waals surface area contributed by atoms with E-state index in [0.29, 0.717) is 28.7 Å². The van der Waals surface area contributed by atoms with E-state index in [-0.39, 0.29) is 18.3 Å². The van der Waals surface area contributed by atoms with Gasteiger partial charge in [-0.15, -0.1) is 0 Å². The van der Waals surface area contributed by atoms with E-state index in [0.717, 1.165) is 0 Å². The Labute approximate surface area is 156 Å². The molecule has 0 unspecified atom stereocenters. The molecule has 8 heteroatoms. The van der Waals surface area contributed by atoms with Gasteiger partial charge in [0, 0.05) is 17.8 Å². The van der Waals surface area contributed by atoms with Gasteiger partial charge in [-0.25, -0.2) is 4.39 Å². The van der Waals surface area contributed by atoms with E-state index < -0.39 is 0 Å². The molecule has 0 spiro atoms. The van der Waals surface area contributed by atoms with Crippen molar-refractivity contribution >= 4 is 35.1 Å². The van der Waals surface area contributed by atoms with Crippen LogP contribution in [0.4, 0.5) is 10.1 Å². The predicted molar refractivity (Wildman–Crippen MR) is 104 cm³/mol. The molecular weight excluding hydrogens is 355 g/mol. The highest BCUT2D eigenvalue weighted by Gasteiger charge is 2.06. The lowest BCUT2D eigenvalue weighted by molar-refractivity contribution is -0.118. The predicted octanol–water partition coefficient (Wildman–Crippen LogP) is 2.66. The smallest absolute Gasteiger partial charge is 0.262 e. The fraction of sp³-hybridized carbons (Fsp3) is 0.167. The number of nitrogens with one attached hydrogen (secondary N) is 3. The molecule has 2 aromatic rings. The molecule has 0 atom stereocenters. The van der Waals surface area contributed by atoms with E-state index in [2.05, 4.69) is 21.2 Å². The van der Waals surface area contributed by atoms with Gasteiger partial charge in [0.1, 0.15) is 11.6 Å². The van der Waals surface area contributed by atoms with Crippen molar-refractivity contribution in [2.24, 2.45) is 5.10 Å². The van der Waals surface area contributed by atoms with Gasteiger partial charge >= 0.3 is 0 Å². The maximum atomic E-state index is 12.9. The second-order valence-electron chi connectivity index (χ2n) is 5.11. The monoisotopic (exact) mass is 374 g/mol. The van der Waals surface area contributed by atoms with E-state index in [4.69, 9.17) is 17.0 Å². The largest absolute Gasteiger partial charge is 0.483 e. The van der Waals surface area contributed by atoms with Crippen LogP contribution in [0.5, 0.6) is 5.75 Å². The molecule has 0 aromatic heterocycles. The Balaban J connectivity index is 1.90. The van der Waals surface area contributed by atoms with E-state index in [1.807, 2.05) is 13.0 Å². The standard InChI is InChI=1S/C18H19FN4O2S/c1-2-20-18(26)23-21-11-13-5-3-4-6-16(13)25-12-17(24)22-15-9-7-14(19)8-10-15/h3-11H,2,12H2,1H3,(H,22,24)(H2,20,23,26). The third-order valence-corrected chi connectivity index (χ3v) is 3.35. The Morgan fingerprint density at radius 3 is 2.69 bits per heavy atom. The van der Waals surface area contributed by atoms with Crippen LogP contribution in [-0.4, -0.2) is 30.4 Å². The van der Waals surface area contributed by atoms with Crippen molar-refractivity contribution in [3.8, 4) is 5.75 Å². The molecule has 2 rings (SSSR count). The molecule has 0 aliphatic carbocycles. The van der Waals surface area contributed by atoms with Crippen molar-refractivity contribution in [3.63, 3.8) is 0 Å². The zero-order valence-corrected chi connectivity index (χ0v) is 15.0. The summed E-state index contributed by atoms with van der Waals surface area (Å²) in [5, 5.41) is 9.99. The summed E-state index contributed by atoms with van der Waals surface area (Å²) in [5.41, 5.74) is 3.87. The van der Waals surface area contributed by atoms with Gasteiger partial charge in [0.25, 0.3) is 5.91 Å². The summed E-state index contributed by atoms with van der Waals surface area (Å²) >= 11 is 5.01. The van der Waals surface area contributed by atoms with Crippen molar-refractivity contribution in [2.75, 3.05) is 18.5 Å². The van der Waals surface area contributed by atoms with Crippen LogP contribution >= 0.6 is 12.2 Å². The minimum absolute atomic E-state index is 0.189. The molecule has 0 saturated heterocycles. The van der Waals surface area contributed by atoms with Crippen LogP contribution < -0.4 is 20.8 Å². The SMILES string of the molecule is CCNC(=S)NN=Cc1ccccc1OCC(=O)Nc1ccc(F)cc1. The van der Waals surface area contributed by atoms with Crippen molar-refractivity contribution in [1.82, 2.24) is 10.7 Å². The number of benzene rings is 2. The third kappa shape index (κ3) is 6.48. The molecule has 136 valence electrons. The molecular formula is C18H19FN4O2S. The molecule has 0 aliphatic rings. The number of amides is 1. The second-order valence-corrected chi connectivity index (χ2v) is 5.52. The third-order valence-electron chi connectivity index (χ3n) is 3.11. The molecule has 1 amide bonds. The molecule has 6 nitrogen and oxygen atoms in total. The number of ether oxygens (including phenoxy) is 1. The molecule has 0 heterocycles. The number of halogens is 1. The number of thiocarbonyl (C=S) groups is 1. The number of nitrogens with zero attached hydrogens (tertiary/aromatic N) is 1. The fourth-order valence-corrected chi connectivity index (χ4v) is 2.15. The van der Waals surface area contributed by atoms with Gasteiger partial charge in [-0.05, 0) is 55.5 Å². The highest BCUT2D eigenvalue weighted by Crippen LogP contribution is 2.16. The van der Waals surface area contributed by atoms with Gasteiger partial charge in [0.2, 0.25) is 0 Å². The number of carbonyl (C=O) groups is 1. The van der Waals surface area contributed by atoms with E-state index >= 15 is 0 Å².